The van der Waals surface area contributed by atoms with Crippen LogP contribution in [0.1, 0.15) is 38.3 Å². The number of hydrogen-bond acceptors (Lipinski definition) is 6. The number of benzene rings is 1. The number of carbonyl (C=O) groups is 2. The van der Waals surface area contributed by atoms with Crippen LogP contribution in [0.25, 0.3) is 0 Å². The lowest BCUT2D eigenvalue weighted by Crippen LogP contribution is -2.51. The molecule has 1 saturated heterocycles. The highest BCUT2D eigenvalue weighted by Gasteiger charge is 2.32. The molecule has 0 radical (unpaired) electrons. The van der Waals surface area contributed by atoms with Gasteiger partial charge in [0.25, 0.3) is 11.8 Å². The Balaban J connectivity index is 1.23. The van der Waals surface area contributed by atoms with Crippen molar-refractivity contribution in [3.63, 3.8) is 0 Å². The van der Waals surface area contributed by atoms with Gasteiger partial charge in [-0.15, -0.1) is 5.10 Å². The maximum atomic E-state index is 13.1. The van der Waals surface area contributed by atoms with E-state index in [1.165, 1.54) is 0 Å². The minimum absolute atomic E-state index is 0.125. The fourth-order valence-corrected chi connectivity index (χ4v) is 4.10. The summed E-state index contributed by atoms with van der Waals surface area (Å²) in [6, 6.07) is 12.7. The number of rotatable bonds is 3. The summed E-state index contributed by atoms with van der Waals surface area (Å²) in [6.45, 7) is 2.47. The Morgan fingerprint density at radius 3 is 2.38 bits per heavy atom. The predicted molar refractivity (Wildman–Crippen MR) is 115 cm³/mol. The first-order chi connectivity index (χ1) is 15.6. The zero-order valence-electron chi connectivity index (χ0n) is 17.2. The van der Waals surface area contributed by atoms with Crippen molar-refractivity contribution in [1.29, 1.82) is 0 Å². The van der Waals surface area contributed by atoms with Crippen molar-refractivity contribution < 1.29 is 14.3 Å². The molecule has 0 aliphatic carbocycles. The smallest absolute Gasteiger partial charge is 0.276 e. The van der Waals surface area contributed by atoms with Crippen LogP contribution < -0.4 is 0 Å². The molecule has 2 aliphatic rings. The maximum Gasteiger partial charge on any atom is 0.276 e. The van der Waals surface area contributed by atoms with Crippen molar-refractivity contribution in [3.8, 4) is 0 Å². The first-order valence-corrected chi connectivity index (χ1v) is 10.8. The van der Waals surface area contributed by atoms with Crippen molar-refractivity contribution in [2.75, 3.05) is 26.2 Å². The topological polar surface area (TPSA) is 93.5 Å². The van der Waals surface area contributed by atoms with Crippen LogP contribution in [0.3, 0.4) is 0 Å². The fourth-order valence-electron chi connectivity index (χ4n) is 3.97. The van der Waals surface area contributed by atoms with Crippen LogP contribution in [0.15, 0.2) is 48.7 Å². The molecule has 2 aromatic heterocycles. The van der Waals surface area contributed by atoms with E-state index in [1.54, 1.807) is 38.9 Å². The first-order valence-electron chi connectivity index (χ1n) is 10.4. The molecule has 0 N–H and O–H groups in total. The van der Waals surface area contributed by atoms with E-state index < -0.39 is 0 Å². The van der Waals surface area contributed by atoms with E-state index in [4.69, 9.17) is 16.3 Å². The van der Waals surface area contributed by atoms with Crippen LogP contribution in [-0.4, -0.2) is 67.8 Å². The van der Waals surface area contributed by atoms with Crippen molar-refractivity contribution in [2.45, 2.75) is 19.3 Å². The summed E-state index contributed by atoms with van der Waals surface area (Å²) < 4.78 is 7.72. The highest BCUT2D eigenvalue weighted by Crippen LogP contribution is 2.28. The van der Waals surface area contributed by atoms with Gasteiger partial charge in [0, 0.05) is 37.4 Å². The van der Waals surface area contributed by atoms with Gasteiger partial charge in [-0.1, -0.05) is 35.0 Å². The maximum absolute atomic E-state index is 13.1. The third-order valence-electron chi connectivity index (χ3n) is 5.78. The molecule has 5 rings (SSSR count). The third kappa shape index (κ3) is 3.96. The Morgan fingerprint density at radius 2 is 1.69 bits per heavy atom. The van der Waals surface area contributed by atoms with Crippen LogP contribution >= 0.6 is 11.6 Å². The van der Waals surface area contributed by atoms with E-state index >= 15 is 0 Å². The lowest BCUT2D eigenvalue weighted by molar-refractivity contribution is -0.00202. The molecule has 0 bridgehead atoms. The average molecular weight is 453 g/mol. The van der Waals surface area contributed by atoms with Gasteiger partial charge in [-0.25, -0.2) is 4.68 Å². The van der Waals surface area contributed by atoms with E-state index in [2.05, 4.69) is 15.3 Å². The second kappa shape index (κ2) is 8.68. The Kier molecular flexibility index (Phi) is 5.59. The van der Waals surface area contributed by atoms with Crippen molar-refractivity contribution in [1.82, 2.24) is 29.8 Å². The van der Waals surface area contributed by atoms with Crippen LogP contribution in [-0.2, 0) is 17.9 Å². The molecule has 0 saturated carbocycles. The van der Waals surface area contributed by atoms with E-state index in [-0.39, 0.29) is 24.5 Å². The van der Waals surface area contributed by atoms with Gasteiger partial charge >= 0.3 is 0 Å². The number of pyridine rings is 1. The zero-order chi connectivity index (χ0) is 22.1. The number of halogens is 1. The summed E-state index contributed by atoms with van der Waals surface area (Å²) in [7, 11) is 0. The van der Waals surface area contributed by atoms with E-state index in [1.807, 2.05) is 24.3 Å². The summed E-state index contributed by atoms with van der Waals surface area (Å²) in [6.07, 6.45) is 1.42. The van der Waals surface area contributed by atoms with Crippen molar-refractivity contribution >= 4 is 23.4 Å². The molecule has 3 aromatic rings. The number of carbonyl (C=O) groups excluding carboxylic acids is 2. The molecule has 1 aromatic carbocycles. The second-order valence-electron chi connectivity index (χ2n) is 7.72. The van der Waals surface area contributed by atoms with Gasteiger partial charge in [0.05, 0.1) is 18.8 Å². The summed E-state index contributed by atoms with van der Waals surface area (Å²) in [5.41, 5.74) is 2.39. The average Bonchev–Trinajstić information content (AvgIpc) is 3.27. The number of hydrogen-bond donors (Lipinski definition) is 0. The van der Waals surface area contributed by atoms with Crippen molar-refractivity contribution in [3.05, 3.63) is 76.3 Å². The molecular formula is C22H21ClN6O3. The quantitative estimate of drug-likeness (QED) is 0.604. The molecule has 1 atom stereocenters. The molecule has 10 heteroatoms. The van der Waals surface area contributed by atoms with Crippen LogP contribution in [0, 0.1) is 0 Å². The molecule has 0 unspecified atom stereocenters. The molecule has 32 heavy (non-hydrogen) atoms. The molecule has 164 valence electrons. The number of piperazine rings is 1. The normalized spacial score (nSPS) is 18.3. The predicted octanol–water partition coefficient (Wildman–Crippen LogP) is 2.20. The summed E-state index contributed by atoms with van der Waals surface area (Å²) >= 11 is 5.97. The van der Waals surface area contributed by atoms with Gasteiger partial charge in [0.1, 0.15) is 11.8 Å². The minimum atomic E-state index is -0.190. The summed E-state index contributed by atoms with van der Waals surface area (Å²) in [5, 5.41) is 9.00. The zero-order valence-corrected chi connectivity index (χ0v) is 18.0. The van der Waals surface area contributed by atoms with Gasteiger partial charge in [-0.2, -0.15) is 0 Å². The molecule has 2 amide bonds. The molecule has 2 aliphatic heterocycles. The third-order valence-corrected chi connectivity index (χ3v) is 6.03. The number of fused-ring (bicyclic) bond motifs is 1. The lowest BCUT2D eigenvalue weighted by Gasteiger charge is -2.34. The van der Waals surface area contributed by atoms with Crippen LogP contribution in [0.5, 0.6) is 0 Å². The van der Waals surface area contributed by atoms with Gasteiger partial charge in [0.2, 0.25) is 0 Å². The van der Waals surface area contributed by atoms with Gasteiger partial charge < -0.3 is 14.5 Å². The molecular weight excluding hydrogens is 432 g/mol. The largest absolute Gasteiger partial charge is 0.365 e. The van der Waals surface area contributed by atoms with Crippen molar-refractivity contribution in [2.24, 2.45) is 0 Å². The van der Waals surface area contributed by atoms with Crippen LogP contribution in [0.4, 0.5) is 0 Å². The highest BCUT2D eigenvalue weighted by atomic mass is 35.5. The van der Waals surface area contributed by atoms with Gasteiger partial charge in [-0.05, 0) is 29.8 Å². The number of ether oxygens (including phenoxy) is 1. The molecule has 1 fully saturated rings. The van der Waals surface area contributed by atoms with E-state index in [9.17, 15) is 9.59 Å². The minimum Gasteiger partial charge on any atom is -0.365 e. The SMILES string of the molecule is O=C(c1ccccn1)N1CCN(C(=O)c2nnn3c2CO[C@@H](c2ccc(Cl)cc2)C3)CC1. The van der Waals surface area contributed by atoms with E-state index in [0.717, 1.165) is 5.56 Å². The summed E-state index contributed by atoms with van der Waals surface area (Å²) in [5.74, 6) is -0.315. The second-order valence-corrected chi connectivity index (χ2v) is 8.15. The Labute approximate surface area is 189 Å². The molecule has 9 nitrogen and oxygen atoms in total. The standard InChI is InChI=1S/C22H21ClN6O3/c23-16-6-4-15(5-7-16)19-13-29-18(14-32-19)20(25-26-29)22(31)28-11-9-27(10-12-28)21(30)17-3-1-2-8-24-17/h1-8,19H,9-14H2/t19-/m1/s1. The Hall–Kier alpha value is -3.30. The summed E-state index contributed by atoms with van der Waals surface area (Å²) in [4.78, 5) is 33.2. The Morgan fingerprint density at radius 1 is 0.969 bits per heavy atom. The highest BCUT2D eigenvalue weighted by molar-refractivity contribution is 6.30. The fraction of sp³-hybridized carbons (Fsp3) is 0.318. The van der Waals surface area contributed by atoms with E-state index in [0.29, 0.717) is 54.8 Å². The first kappa shape index (κ1) is 20.6. The number of aromatic nitrogens is 4. The number of amides is 2. The Bertz CT molecular complexity index is 1130. The van der Waals surface area contributed by atoms with Crippen LogP contribution in [0.2, 0.25) is 5.02 Å². The molecule has 4 heterocycles. The lowest BCUT2D eigenvalue weighted by atomic mass is 10.1. The monoisotopic (exact) mass is 452 g/mol. The number of nitrogens with zero attached hydrogens (tertiary/aromatic N) is 6. The molecule has 0 spiro atoms. The van der Waals surface area contributed by atoms with Gasteiger partial charge in [0.15, 0.2) is 5.69 Å². The van der Waals surface area contributed by atoms with Gasteiger partial charge in [-0.3, -0.25) is 14.6 Å².